The van der Waals surface area contributed by atoms with Gasteiger partial charge in [0.25, 0.3) is 0 Å². The van der Waals surface area contributed by atoms with Crippen LogP contribution in [0.2, 0.25) is 0 Å². The summed E-state index contributed by atoms with van der Waals surface area (Å²) < 4.78 is 40.0. The van der Waals surface area contributed by atoms with Gasteiger partial charge in [-0.25, -0.2) is 0 Å². The van der Waals surface area contributed by atoms with Crippen molar-refractivity contribution >= 4 is 17.2 Å². The highest BCUT2D eigenvalue weighted by atomic mass is 32.1. The van der Waals surface area contributed by atoms with E-state index in [-0.39, 0.29) is 0 Å². The summed E-state index contributed by atoms with van der Waals surface area (Å²) in [7, 11) is 0. The molecule has 0 bridgehead atoms. The monoisotopic (exact) mass is 281 g/mol. The van der Waals surface area contributed by atoms with Gasteiger partial charge >= 0.3 is 6.18 Å². The van der Waals surface area contributed by atoms with Gasteiger partial charge in [0.15, 0.2) is 0 Å². The van der Waals surface area contributed by atoms with Crippen LogP contribution in [0.3, 0.4) is 0 Å². The Morgan fingerprint density at radius 1 is 1.56 bits per heavy atom. The standard InChI is InChI=1S/C11H14F3NO2S/c1-8(17-7-11(12,13)14)10(16)15-5-4-9-3-2-6-18-9/h2-3,6,8H,4-5,7H2,1H3,(H,15,16)/t8-/m1/s1. The summed E-state index contributed by atoms with van der Waals surface area (Å²) in [5.74, 6) is -0.532. The molecule has 0 unspecified atom stereocenters. The average molecular weight is 281 g/mol. The van der Waals surface area contributed by atoms with Crippen molar-refractivity contribution in [3.63, 3.8) is 0 Å². The minimum atomic E-state index is -4.41. The molecule has 1 aromatic rings. The van der Waals surface area contributed by atoms with Crippen LogP contribution in [-0.2, 0) is 16.0 Å². The van der Waals surface area contributed by atoms with E-state index in [4.69, 9.17) is 0 Å². The van der Waals surface area contributed by atoms with E-state index in [0.29, 0.717) is 13.0 Å². The quantitative estimate of drug-likeness (QED) is 0.869. The molecule has 1 aromatic heterocycles. The topological polar surface area (TPSA) is 38.3 Å². The van der Waals surface area contributed by atoms with E-state index in [1.165, 1.54) is 6.92 Å². The molecule has 0 aliphatic rings. The van der Waals surface area contributed by atoms with Crippen LogP contribution < -0.4 is 5.32 Å². The van der Waals surface area contributed by atoms with Gasteiger partial charge in [-0.05, 0) is 24.8 Å². The molecule has 1 N–H and O–H groups in total. The number of amides is 1. The van der Waals surface area contributed by atoms with Crippen molar-refractivity contribution in [2.24, 2.45) is 0 Å². The first-order valence-corrected chi connectivity index (χ1v) is 6.25. The van der Waals surface area contributed by atoms with Crippen LogP contribution in [0.4, 0.5) is 13.2 Å². The van der Waals surface area contributed by atoms with Gasteiger partial charge in [0.1, 0.15) is 12.7 Å². The van der Waals surface area contributed by atoms with Gasteiger partial charge < -0.3 is 10.1 Å². The lowest BCUT2D eigenvalue weighted by molar-refractivity contribution is -0.185. The molecule has 3 nitrogen and oxygen atoms in total. The van der Waals surface area contributed by atoms with Gasteiger partial charge in [-0.1, -0.05) is 6.07 Å². The van der Waals surface area contributed by atoms with Gasteiger partial charge in [0, 0.05) is 11.4 Å². The molecule has 18 heavy (non-hydrogen) atoms. The summed E-state index contributed by atoms with van der Waals surface area (Å²) in [6.07, 6.45) is -4.85. The first kappa shape index (κ1) is 15.0. The first-order valence-electron chi connectivity index (χ1n) is 5.37. The number of carbonyl (C=O) groups is 1. The van der Waals surface area contributed by atoms with E-state index < -0.39 is 24.8 Å². The Balaban J connectivity index is 2.19. The third kappa shape index (κ3) is 6.02. The van der Waals surface area contributed by atoms with E-state index in [9.17, 15) is 18.0 Å². The molecule has 0 aromatic carbocycles. The Morgan fingerprint density at radius 2 is 2.28 bits per heavy atom. The molecule has 1 amide bonds. The van der Waals surface area contributed by atoms with Crippen LogP contribution in [0.5, 0.6) is 0 Å². The molecule has 0 aliphatic heterocycles. The molecule has 0 aliphatic carbocycles. The molecule has 0 saturated carbocycles. The van der Waals surface area contributed by atoms with Crippen LogP contribution in [0.15, 0.2) is 17.5 Å². The average Bonchev–Trinajstić information content (AvgIpc) is 2.77. The second-order valence-corrected chi connectivity index (χ2v) is 4.72. The van der Waals surface area contributed by atoms with E-state index in [1.54, 1.807) is 11.3 Å². The van der Waals surface area contributed by atoms with Crippen molar-refractivity contribution in [3.8, 4) is 0 Å². The fraction of sp³-hybridized carbons (Fsp3) is 0.545. The third-order valence-electron chi connectivity index (χ3n) is 2.12. The lowest BCUT2D eigenvalue weighted by atomic mass is 10.3. The van der Waals surface area contributed by atoms with Gasteiger partial charge in [-0.3, -0.25) is 4.79 Å². The maximum atomic E-state index is 11.9. The molecule has 7 heteroatoms. The van der Waals surface area contributed by atoms with Crippen LogP contribution in [0, 0.1) is 0 Å². The van der Waals surface area contributed by atoms with Crippen LogP contribution >= 0.6 is 11.3 Å². The number of rotatable bonds is 6. The molecule has 0 saturated heterocycles. The number of alkyl halides is 3. The van der Waals surface area contributed by atoms with Crippen molar-refractivity contribution in [1.82, 2.24) is 5.32 Å². The minimum Gasteiger partial charge on any atom is -0.359 e. The Morgan fingerprint density at radius 3 is 2.83 bits per heavy atom. The van der Waals surface area contributed by atoms with Crippen molar-refractivity contribution in [1.29, 1.82) is 0 Å². The lowest BCUT2D eigenvalue weighted by Crippen LogP contribution is -2.37. The number of thiophene rings is 1. The van der Waals surface area contributed by atoms with Crippen molar-refractivity contribution < 1.29 is 22.7 Å². The first-order chi connectivity index (χ1) is 8.38. The number of ether oxygens (including phenoxy) is 1. The summed E-state index contributed by atoms with van der Waals surface area (Å²) in [6.45, 7) is 0.276. The fourth-order valence-electron chi connectivity index (χ4n) is 1.20. The fourth-order valence-corrected chi connectivity index (χ4v) is 1.91. The summed E-state index contributed by atoms with van der Waals surface area (Å²) in [5.41, 5.74) is 0. The van der Waals surface area contributed by atoms with E-state index in [2.05, 4.69) is 10.1 Å². The number of halogens is 3. The summed E-state index contributed by atoms with van der Waals surface area (Å²) in [6, 6.07) is 3.83. The minimum absolute atomic E-state index is 0.388. The Labute approximate surface area is 107 Å². The molecule has 102 valence electrons. The molecule has 1 rings (SSSR count). The molecule has 0 radical (unpaired) electrons. The van der Waals surface area contributed by atoms with Gasteiger partial charge in [0.05, 0.1) is 0 Å². The largest absolute Gasteiger partial charge is 0.411 e. The zero-order valence-corrected chi connectivity index (χ0v) is 10.6. The highest BCUT2D eigenvalue weighted by molar-refractivity contribution is 7.09. The normalized spacial score (nSPS) is 13.3. The second-order valence-electron chi connectivity index (χ2n) is 3.69. The summed E-state index contributed by atoms with van der Waals surface area (Å²) >= 11 is 1.57. The Bertz CT molecular complexity index is 365. The molecule has 0 fully saturated rings. The zero-order chi connectivity index (χ0) is 13.6. The zero-order valence-electron chi connectivity index (χ0n) is 9.79. The maximum absolute atomic E-state index is 11.9. The number of carbonyl (C=O) groups excluding carboxylic acids is 1. The van der Waals surface area contributed by atoms with Crippen molar-refractivity contribution in [2.75, 3.05) is 13.2 Å². The van der Waals surface area contributed by atoms with Gasteiger partial charge in [-0.15, -0.1) is 11.3 Å². The maximum Gasteiger partial charge on any atom is 0.411 e. The number of hydrogen-bond donors (Lipinski definition) is 1. The van der Waals surface area contributed by atoms with Crippen molar-refractivity contribution in [2.45, 2.75) is 25.6 Å². The third-order valence-corrected chi connectivity index (χ3v) is 3.05. The van der Waals surface area contributed by atoms with Crippen molar-refractivity contribution in [3.05, 3.63) is 22.4 Å². The lowest BCUT2D eigenvalue weighted by Gasteiger charge is -2.14. The molecule has 1 atom stereocenters. The number of nitrogens with one attached hydrogen (secondary N) is 1. The second kappa shape index (κ2) is 6.75. The Hall–Kier alpha value is -1.08. The van der Waals surface area contributed by atoms with E-state index in [0.717, 1.165) is 4.88 Å². The SMILES string of the molecule is C[C@@H](OCC(F)(F)F)C(=O)NCCc1cccs1. The van der Waals surface area contributed by atoms with Crippen LogP contribution in [-0.4, -0.2) is 31.3 Å². The molecular formula is C11H14F3NO2S. The predicted octanol–water partition coefficient (Wildman–Crippen LogP) is 2.37. The highest BCUT2D eigenvalue weighted by Crippen LogP contribution is 2.15. The highest BCUT2D eigenvalue weighted by Gasteiger charge is 2.29. The Kier molecular flexibility index (Phi) is 5.61. The number of hydrogen-bond acceptors (Lipinski definition) is 3. The molecular weight excluding hydrogens is 267 g/mol. The van der Waals surface area contributed by atoms with Gasteiger partial charge in [0.2, 0.25) is 5.91 Å². The summed E-state index contributed by atoms with van der Waals surface area (Å²) in [4.78, 5) is 12.5. The molecule has 0 spiro atoms. The van der Waals surface area contributed by atoms with Gasteiger partial charge in [-0.2, -0.15) is 13.2 Å². The van der Waals surface area contributed by atoms with Crippen LogP contribution in [0.25, 0.3) is 0 Å². The van der Waals surface area contributed by atoms with E-state index >= 15 is 0 Å². The predicted molar refractivity (Wildman–Crippen MR) is 62.5 cm³/mol. The smallest absolute Gasteiger partial charge is 0.359 e. The summed E-state index contributed by atoms with van der Waals surface area (Å²) in [5, 5.41) is 4.46. The molecule has 1 heterocycles. The van der Waals surface area contributed by atoms with E-state index in [1.807, 2.05) is 17.5 Å². The van der Waals surface area contributed by atoms with Crippen LogP contribution in [0.1, 0.15) is 11.8 Å².